The molecule has 1 amide bonds. The third-order valence-electron chi connectivity index (χ3n) is 4.68. The lowest BCUT2D eigenvalue weighted by Crippen LogP contribution is -2.53. The van der Waals surface area contributed by atoms with Crippen molar-refractivity contribution in [1.29, 1.82) is 0 Å². The molecule has 1 N–H and O–H groups in total. The molecule has 7 nitrogen and oxygen atoms in total. The topological polar surface area (TPSA) is 78.7 Å². The fourth-order valence-electron chi connectivity index (χ4n) is 3.14. The number of benzene rings is 1. The number of piperazine rings is 1. The lowest BCUT2D eigenvalue weighted by Gasteiger charge is -2.38. The summed E-state index contributed by atoms with van der Waals surface area (Å²) in [5, 5.41) is 16.2. The second-order valence-electron chi connectivity index (χ2n) is 6.24. The van der Waals surface area contributed by atoms with Gasteiger partial charge in [0.15, 0.2) is 0 Å². The largest absolute Gasteiger partial charge is 0.363 e. The number of carbonyl (C=O) groups is 1. The van der Waals surface area contributed by atoms with Gasteiger partial charge in [0.05, 0.1) is 17.5 Å². The van der Waals surface area contributed by atoms with Crippen molar-refractivity contribution in [3.8, 4) is 0 Å². The first-order chi connectivity index (χ1) is 12.6. The number of nitrogens with zero attached hydrogens (tertiary/aromatic N) is 3. The van der Waals surface area contributed by atoms with Crippen LogP contribution in [-0.2, 0) is 11.3 Å². The van der Waals surface area contributed by atoms with E-state index in [1.54, 1.807) is 23.5 Å². The number of nitro benzene ring substituents is 1. The van der Waals surface area contributed by atoms with E-state index in [9.17, 15) is 14.9 Å². The SMILES string of the molecule is C[C@@H](C(=O)NCc1cccs1)N1CCN(c2ccccc2[N+](=O)[O-])CC1. The number of hydrogen-bond acceptors (Lipinski definition) is 6. The van der Waals surface area contributed by atoms with Crippen LogP contribution in [0.3, 0.4) is 0 Å². The Balaban J connectivity index is 1.54. The molecule has 2 heterocycles. The first-order valence-electron chi connectivity index (χ1n) is 8.59. The van der Waals surface area contributed by atoms with Gasteiger partial charge in [-0.2, -0.15) is 0 Å². The Labute approximate surface area is 156 Å². The van der Waals surface area contributed by atoms with Gasteiger partial charge >= 0.3 is 0 Å². The molecule has 1 aromatic carbocycles. The van der Waals surface area contributed by atoms with E-state index >= 15 is 0 Å². The minimum Gasteiger partial charge on any atom is -0.363 e. The van der Waals surface area contributed by atoms with Crippen LogP contribution in [0.1, 0.15) is 11.8 Å². The normalized spacial score (nSPS) is 16.3. The predicted molar refractivity (Wildman–Crippen MR) is 103 cm³/mol. The maximum atomic E-state index is 12.4. The molecule has 2 aromatic rings. The summed E-state index contributed by atoms with van der Waals surface area (Å²) in [4.78, 5) is 28.5. The van der Waals surface area contributed by atoms with Gasteiger partial charge in [-0.1, -0.05) is 18.2 Å². The van der Waals surface area contributed by atoms with Crippen molar-refractivity contribution in [2.45, 2.75) is 19.5 Å². The predicted octanol–water partition coefficient (Wildman–Crippen LogP) is 2.48. The molecule has 0 unspecified atom stereocenters. The van der Waals surface area contributed by atoms with Crippen molar-refractivity contribution in [3.63, 3.8) is 0 Å². The Kier molecular flexibility index (Phi) is 5.85. The number of nitro groups is 1. The minimum absolute atomic E-state index is 0.0116. The second kappa shape index (κ2) is 8.29. The molecule has 0 aliphatic carbocycles. The van der Waals surface area contributed by atoms with E-state index in [2.05, 4.69) is 10.2 Å². The molecule has 26 heavy (non-hydrogen) atoms. The van der Waals surface area contributed by atoms with Gasteiger partial charge in [-0.25, -0.2) is 0 Å². The van der Waals surface area contributed by atoms with Crippen LogP contribution in [0.5, 0.6) is 0 Å². The van der Waals surface area contributed by atoms with E-state index in [4.69, 9.17) is 0 Å². The average molecular weight is 374 g/mol. The van der Waals surface area contributed by atoms with E-state index < -0.39 is 0 Å². The quantitative estimate of drug-likeness (QED) is 0.621. The van der Waals surface area contributed by atoms with Crippen molar-refractivity contribution in [2.75, 3.05) is 31.1 Å². The summed E-state index contributed by atoms with van der Waals surface area (Å²) < 4.78 is 0. The second-order valence-corrected chi connectivity index (χ2v) is 7.27. The summed E-state index contributed by atoms with van der Waals surface area (Å²) in [6.07, 6.45) is 0. The van der Waals surface area contributed by atoms with Crippen LogP contribution in [0.25, 0.3) is 0 Å². The highest BCUT2D eigenvalue weighted by atomic mass is 32.1. The van der Waals surface area contributed by atoms with Gasteiger partial charge in [0.25, 0.3) is 5.69 Å². The number of anilines is 1. The molecular weight excluding hydrogens is 352 g/mol. The number of thiophene rings is 1. The number of nitrogens with one attached hydrogen (secondary N) is 1. The van der Waals surface area contributed by atoms with Crippen molar-refractivity contribution < 1.29 is 9.72 Å². The third kappa shape index (κ3) is 4.20. The molecule has 8 heteroatoms. The van der Waals surface area contributed by atoms with Crippen molar-refractivity contribution in [1.82, 2.24) is 10.2 Å². The molecule has 1 atom stereocenters. The Morgan fingerprint density at radius 2 is 1.96 bits per heavy atom. The Bertz CT molecular complexity index is 758. The summed E-state index contributed by atoms with van der Waals surface area (Å²) in [7, 11) is 0. The number of amides is 1. The van der Waals surface area contributed by atoms with Crippen molar-refractivity contribution in [3.05, 3.63) is 56.8 Å². The van der Waals surface area contributed by atoms with Crippen LogP contribution >= 0.6 is 11.3 Å². The van der Waals surface area contributed by atoms with E-state index in [1.807, 2.05) is 35.4 Å². The molecule has 3 rings (SSSR count). The first kappa shape index (κ1) is 18.3. The zero-order valence-electron chi connectivity index (χ0n) is 14.6. The molecule has 1 aliphatic rings. The minimum atomic E-state index is -0.345. The lowest BCUT2D eigenvalue weighted by atomic mass is 10.2. The molecule has 1 saturated heterocycles. The van der Waals surface area contributed by atoms with Crippen LogP contribution in [0.4, 0.5) is 11.4 Å². The van der Waals surface area contributed by atoms with Gasteiger partial charge in [0.1, 0.15) is 5.69 Å². The van der Waals surface area contributed by atoms with Crippen LogP contribution in [-0.4, -0.2) is 48.0 Å². The average Bonchev–Trinajstić information content (AvgIpc) is 3.19. The third-order valence-corrected chi connectivity index (χ3v) is 5.55. The fraction of sp³-hybridized carbons (Fsp3) is 0.389. The molecule has 1 fully saturated rings. The van der Waals surface area contributed by atoms with E-state index in [0.29, 0.717) is 38.4 Å². The molecule has 1 aromatic heterocycles. The monoisotopic (exact) mass is 374 g/mol. The number of para-hydroxylation sites is 2. The van der Waals surface area contributed by atoms with Crippen molar-refractivity contribution in [2.24, 2.45) is 0 Å². The zero-order valence-corrected chi connectivity index (χ0v) is 15.4. The molecule has 0 saturated carbocycles. The summed E-state index contributed by atoms with van der Waals surface area (Å²) in [5.41, 5.74) is 0.773. The van der Waals surface area contributed by atoms with Gasteiger partial charge in [0, 0.05) is 37.1 Å². The van der Waals surface area contributed by atoms with Gasteiger partial charge in [0.2, 0.25) is 5.91 Å². The van der Waals surface area contributed by atoms with Crippen LogP contribution < -0.4 is 10.2 Å². The lowest BCUT2D eigenvalue weighted by molar-refractivity contribution is -0.384. The smallest absolute Gasteiger partial charge is 0.292 e. The van der Waals surface area contributed by atoms with Gasteiger partial charge in [-0.05, 0) is 24.4 Å². The van der Waals surface area contributed by atoms with Gasteiger partial charge < -0.3 is 10.2 Å². The summed E-state index contributed by atoms with van der Waals surface area (Å²) in [6, 6.07) is 10.6. The number of rotatable bonds is 6. The maximum Gasteiger partial charge on any atom is 0.292 e. The highest BCUT2D eigenvalue weighted by Crippen LogP contribution is 2.28. The van der Waals surface area contributed by atoms with Crippen LogP contribution in [0.15, 0.2) is 41.8 Å². The first-order valence-corrected chi connectivity index (χ1v) is 9.46. The number of hydrogen-bond donors (Lipinski definition) is 1. The Morgan fingerprint density at radius 3 is 2.62 bits per heavy atom. The summed E-state index contributed by atoms with van der Waals surface area (Å²) in [6.45, 7) is 5.17. The highest BCUT2D eigenvalue weighted by Gasteiger charge is 2.28. The molecule has 138 valence electrons. The van der Waals surface area contributed by atoms with Crippen LogP contribution in [0.2, 0.25) is 0 Å². The maximum absolute atomic E-state index is 12.4. The van der Waals surface area contributed by atoms with E-state index in [0.717, 1.165) is 4.88 Å². The van der Waals surface area contributed by atoms with E-state index in [1.165, 1.54) is 6.07 Å². The molecule has 0 radical (unpaired) electrons. The zero-order chi connectivity index (χ0) is 18.5. The summed E-state index contributed by atoms with van der Waals surface area (Å²) in [5.74, 6) is 0.0116. The number of carbonyl (C=O) groups excluding carboxylic acids is 1. The Hall–Kier alpha value is -2.45. The molecule has 0 spiro atoms. The summed E-state index contributed by atoms with van der Waals surface area (Å²) >= 11 is 1.62. The van der Waals surface area contributed by atoms with Crippen molar-refractivity contribution >= 4 is 28.6 Å². The molecule has 0 bridgehead atoms. The fourth-order valence-corrected chi connectivity index (χ4v) is 3.78. The molecular formula is C18H22N4O3S. The Morgan fingerprint density at radius 1 is 1.23 bits per heavy atom. The van der Waals surface area contributed by atoms with Gasteiger partial charge in [-0.3, -0.25) is 19.8 Å². The van der Waals surface area contributed by atoms with Crippen LogP contribution in [0, 0.1) is 10.1 Å². The highest BCUT2D eigenvalue weighted by molar-refractivity contribution is 7.09. The standard InChI is InChI=1S/C18H22N4O3S/c1-14(18(23)19-13-15-5-4-12-26-15)20-8-10-21(11-9-20)16-6-2-3-7-17(16)22(24)25/h2-7,12,14H,8-11,13H2,1H3,(H,19,23)/t14-/m0/s1. The molecule has 1 aliphatic heterocycles. The van der Waals surface area contributed by atoms with Gasteiger partial charge in [-0.15, -0.1) is 11.3 Å². The van der Waals surface area contributed by atoms with E-state index in [-0.39, 0.29) is 22.6 Å².